The fourth-order valence-corrected chi connectivity index (χ4v) is 6.31. The molecule has 56 heavy (non-hydrogen) atoms. The number of nitrogens with zero attached hydrogens (tertiary/aromatic N) is 1. The molecule has 12 nitrogen and oxygen atoms in total. The number of ether oxygens (including phenoxy) is 3. The Morgan fingerprint density at radius 2 is 1.39 bits per heavy atom. The molecule has 1 fully saturated rings. The summed E-state index contributed by atoms with van der Waals surface area (Å²) in [5.74, 6) is -5.74. The van der Waals surface area contributed by atoms with Gasteiger partial charge >= 0.3 is 23.6 Å². The van der Waals surface area contributed by atoms with Gasteiger partial charge in [-0.3, -0.25) is 14.4 Å². The van der Waals surface area contributed by atoms with Gasteiger partial charge in [-0.15, -0.1) is 0 Å². The molecule has 1 aliphatic heterocycles. The van der Waals surface area contributed by atoms with E-state index in [1.54, 1.807) is 4.90 Å². The van der Waals surface area contributed by atoms with E-state index in [4.69, 9.17) is 14.2 Å². The molecule has 4 rings (SSSR count). The summed E-state index contributed by atoms with van der Waals surface area (Å²) in [6.45, 7) is 11.0. The fraction of sp³-hybridized carbons (Fsp3) is 0.442. The number of nitrogens with one attached hydrogen (secondary N) is 2. The lowest BCUT2D eigenvalue weighted by molar-refractivity contribution is -0.188. The molecule has 1 unspecified atom stereocenters. The zero-order valence-corrected chi connectivity index (χ0v) is 33.3. The van der Waals surface area contributed by atoms with Gasteiger partial charge in [-0.2, -0.15) is 0 Å². The lowest BCUT2D eigenvalue weighted by Gasteiger charge is -2.31. The Hall–Kier alpha value is -5.59. The number of amides is 3. The van der Waals surface area contributed by atoms with Gasteiger partial charge in [0.05, 0.1) is 12.7 Å². The van der Waals surface area contributed by atoms with Gasteiger partial charge in [0, 0.05) is 32.0 Å². The molecule has 3 amide bonds. The van der Waals surface area contributed by atoms with Crippen molar-refractivity contribution in [3.05, 3.63) is 95.1 Å². The van der Waals surface area contributed by atoms with Crippen LogP contribution in [-0.2, 0) is 56.8 Å². The van der Waals surface area contributed by atoms with Crippen LogP contribution in [0.5, 0.6) is 0 Å². The highest BCUT2D eigenvalue weighted by Crippen LogP contribution is 2.36. The van der Waals surface area contributed by atoms with Crippen LogP contribution in [-0.4, -0.2) is 77.5 Å². The summed E-state index contributed by atoms with van der Waals surface area (Å²) in [5, 5.41) is 5.42. The summed E-state index contributed by atoms with van der Waals surface area (Å²) >= 11 is 0. The minimum atomic E-state index is -3.59. The van der Waals surface area contributed by atoms with Crippen LogP contribution in [0.25, 0.3) is 11.1 Å². The number of likely N-dealkylation sites (tertiary alicyclic amines) is 1. The maximum atomic E-state index is 17.1. The lowest BCUT2D eigenvalue weighted by atomic mass is 9.88. The third-order valence-corrected chi connectivity index (χ3v) is 8.89. The molecule has 1 aliphatic rings. The molecule has 0 saturated carbocycles. The molecule has 300 valence electrons. The number of rotatable bonds is 12. The average Bonchev–Trinajstić information content (AvgIpc) is 3.29. The van der Waals surface area contributed by atoms with Gasteiger partial charge in [-0.1, -0.05) is 66.7 Å². The van der Waals surface area contributed by atoms with E-state index in [0.717, 1.165) is 36.3 Å². The van der Waals surface area contributed by atoms with Gasteiger partial charge in [-0.25, -0.2) is 18.8 Å². The minimum Gasteiger partial charge on any atom is -0.465 e. The molecular formula is C43H52FN3O9. The molecule has 0 spiro atoms. The van der Waals surface area contributed by atoms with Crippen LogP contribution in [0.1, 0.15) is 94.8 Å². The van der Waals surface area contributed by atoms with E-state index in [0.29, 0.717) is 25.9 Å². The number of hydrogen-bond acceptors (Lipinski definition) is 9. The zero-order valence-electron chi connectivity index (χ0n) is 33.3. The van der Waals surface area contributed by atoms with Gasteiger partial charge in [0.1, 0.15) is 23.3 Å². The summed E-state index contributed by atoms with van der Waals surface area (Å²) in [6.07, 6.45) is 1.58. The molecular weight excluding hydrogens is 721 g/mol. The van der Waals surface area contributed by atoms with Gasteiger partial charge < -0.3 is 29.7 Å². The van der Waals surface area contributed by atoms with Gasteiger partial charge in [0.15, 0.2) is 0 Å². The number of carbonyl (C=O) groups excluding carboxylic acids is 6. The Morgan fingerprint density at radius 1 is 0.821 bits per heavy atom. The normalized spacial score (nSPS) is 15.6. The average molecular weight is 774 g/mol. The Balaban J connectivity index is 1.59. The Bertz CT molecular complexity index is 1890. The highest BCUT2D eigenvalue weighted by molar-refractivity contribution is 6.07. The second kappa shape index (κ2) is 17.9. The van der Waals surface area contributed by atoms with Crippen LogP contribution < -0.4 is 10.6 Å². The first-order chi connectivity index (χ1) is 26.2. The largest absolute Gasteiger partial charge is 0.465 e. The van der Waals surface area contributed by atoms with Crippen molar-refractivity contribution < 1.29 is 47.4 Å². The molecule has 0 radical (unpaired) electrons. The first-order valence-electron chi connectivity index (χ1n) is 18.6. The van der Waals surface area contributed by atoms with Crippen LogP contribution in [0, 0.1) is 0 Å². The van der Waals surface area contributed by atoms with Crippen LogP contribution in [0.3, 0.4) is 0 Å². The van der Waals surface area contributed by atoms with E-state index in [1.807, 2.05) is 54.6 Å². The van der Waals surface area contributed by atoms with E-state index in [1.165, 1.54) is 60.6 Å². The summed E-state index contributed by atoms with van der Waals surface area (Å²) in [7, 11) is 1.04. The predicted octanol–water partition coefficient (Wildman–Crippen LogP) is 5.73. The van der Waals surface area contributed by atoms with Crippen LogP contribution in [0.4, 0.5) is 4.39 Å². The number of methoxy groups -OCH3 is 1. The molecule has 2 N–H and O–H groups in total. The van der Waals surface area contributed by atoms with E-state index in [-0.39, 0.29) is 17.9 Å². The minimum absolute atomic E-state index is 0.216. The number of benzene rings is 3. The highest BCUT2D eigenvalue weighted by Gasteiger charge is 2.55. The molecule has 2 atom stereocenters. The summed E-state index contributed by atoms with van der Waals surface area (Å²) < 4.78 is 32.6. The van der Waals surface area contributed by atoms with Crippen molar-refractivity contribution in [3.63, 3.8) is 0 Å². The number of carbonyl (C=O) groups is 6. The van der Waals surface area contributed by atoms with Crippen molar-refractivity contribution >= 4 is 35.6 Å². The first kappa shape index (κ1) is 43.1. The zero-order chi connectivity index (χ0) is 41.4. The molecule has 0 bridgehead atoms. The molecule has 1 heterocycles. The van der Waals surface area contributed by atoms with Crippen LogP contribution in [0.15, 0.2) is 72.8 Å². The van der Waals surface area contributed by atoms with E-state index in [9.17, 15) is 28.8 Å². The first-order valence-corrected chi connectivity index (χ1v) is 18.6. The third kappa shape index (κ3) is 11.2. The molecule has 13 heteroatoms. The van der Waals surface area contributed by atoms with E-state index < -0.39 is 69.8 Å². The molecule has 3 aromatic rings. The van der Waals surface area contributed by atoms with Gasteiger partial charge in [-0.05, 0) is 89.1 Å². The van der Waals surface area contributed by atoms with Gasteiger partial charge in [0.25, 0.3) is 0 Å². The Kier molecular flexibility index (Phi) is 13.8. The van der Waals surface area contributed by atoms with Crippen molar-refractivity contribution in [2.75, 3.05) is 13.7 Å². The number of hydrogen-bond donors (Lipinski definition) is 2. The topological polar surface area (TPSA) is 157 Å². The standard InChI is InChI=1S/C43H52FN3O9/c1-27(48)45-35(36(49)46-34-16-12-13-23-47(37(34)50)26-28-17-20-31(21-18-28)30-14-10-9-11-15-30)25-29-19-22-33(32(24-29)38(51)54-8)43(44,39(52)55-41(2,3)4)40(53)56-42(5,6)7/h9-11,14-15,17-22,24,34-35H,12-13,16,23,25-26H2,1-8H3,(H,45,48)(H,46,49)/t34-,35?/m0/s1. The van der Waals surface area contributed by atoms with Crippen molar-refractivity contribution in [1.29, 1.82) is 0 Å². The second-order valence-corrected chi connectivity index (χ2v) is 15.9. The van der Waals surface area contributed by atoms with Crippen molar-refractivity contribution in [3.8, 4) is 11.1 Å². The smallest absolute Gasteiger partial charge is 0.361 e. The maximum Gasteiger partial charge on any atom is 0.361 e. The summed E-state index contributed by atoms with van der Waals surface area (Å²) in [4.78, 5) is 81.6. The molecule has 1 saturated heterocycles. The molecule has 0 aliphatic carbocycles. The van der Waals surface area contributed by atoms with Gasteiger partial charge in [0.2, 0.25) is 17.7 Å². The van der Waals surface area contributed by atoms with Crippen molar-refractivity contribution in [1.82, 2.24) is 15.5 Å². The Labute approximate surface area is 327 Å². The number of halogens is 1. The SMILES string of the molecule is COC(=O)c1cc(CC(NC(C)=O)C(=O)N[C@H]2CCCCN(Cc3ccc(-c4ccccc4)cc3)C2=O)ccc1C(F)(C(=O)OC(C)(C)C)C(=O)OC(C)(C)C. The quantitative estimate of drug-likeness (QED) is 0.133. The maximum absolute atomic E-state index is 17.1. The van der Waals surface area contributed by atoms with Crippen molar-refractivity contribution in [2.45, 2.75) is 110 Å². The summed E-state index contributed by atoms with van der Waals surface area (Å²) in [5.41, 5.74) is -3.91. The van der Waals surface area contributed by atoms with Crippen LogP contribution >= 0.6 is 0 Å². The highest BCUT2D eigenvalue weighted by atomic mass is 19.1. The third-order valence-electron chi connectivity index (χ3n) is 8.89. The number of alkyl halides is 1. The van der Waals surface area contributed by atoms with E-state index in [2.05, 4.69) is 10.6 Å². The number of esters is 3. The summed E-state index contributed by atoms with van der Waals surface area (Å²) in [6, 6.07) is 19.3. The molecule has 0 aromatic heterocycles. The van der Waals surface area contributed by atoms with Crippen LogP contribution in [0.2, 0.25) is 0 Å². The lowest BCUT2D eigenvalue weighted by Crippen LogP contribution is -2.54. The fourth-order valence-electron chi connectivity index (χ4n) is 6.31. The van der Waals surface area contributed by atoms with E-state index >= 15 is 4.39 Å². The molecule has 3 aromatic carbocycles. The van der Waals surface area contributed by atoms with Crippen molar-refractivity contribution in [2.24, 2.45) is 0 Å². The monoisotopic (exact) mass is 773 g/mol. The Morgan fingerprint density at radius 3 is 1.95 bits per heavy atom. The predicted molar refractivity (Wildman–Crippen MR) is 207 cm³/mol. The second-order valence-electron chi connectivity index (χ2n) is 15.9.